The van der Waals surface area contributed by atoms with Gasteiger partial charge in [-0.15, -0.1) is 0 Å². The Bertz CT molecular complexity index is 380. The molecule has 1 aliphatic carbocycles. The van der Waals surface area contributed by atoms with Crippen LogP contribution in [0.1, 0.15) is 18.4 Å². The molecule has 94 valence electrons. The van der Waals surface area contributed by atoms with E-state index in [1.54, 1.807) is 18.2 Å². The number of halogens is 1. The molecule has 2 N–H and O–H groups in total. The maximum atomic E-state index is 13.8. The summed E-state index contributed by atoms with van der Waals surface area (Å²) in [5.74, 6) is -0.148. The molecule has 1 unspecified atom stereocenters. The third-order valence-electron chi connectivity index (χ3n) is 2.94. The van der Waals surface area contributed by atoms with Crippen LogP contribution in [0.4, 0.5) is 4.39 Å². The van der Waals surface area contributed by atoms with E-state index in [1.165, 1.54) is 20.0 Å². The molecule has 1 saturated carbocycles. The lowest BCUT2D eigenvalue weighted by Gasteiger charge is -2.13. The fourth-order valence-electron chi connectivity index (χ4n) is 1.79. The first-order valence-electron chi connectivity index (χ1n) is 5.93. The van der Waals surface area contributed by atoms with Gasteiger partial charge in [0.05, 0.1) is 13.2 Å². The zero-order valence-electron chi connectivity index (χ0n) is 9.95. The Morgan fingerprint density at radius 1 is 1.53 bits per heavy atom. The van der Waals surface area contributed by atoms with Crippen molar-refractivity contribution in [2.75, 3.05) is 13.7 Å². The molecule has 1 fully saturated rings. The van der Waals surface area contributed by atoms with Crippen molar-refractivity contribution < 1.29 is 14.2 Å². The number of aliphatic hydroxyl groups is 1. The van der Waals surface area contributed by atoms with Gasteiger partial charge in [-0.2, -0.15) is 0 Å². The Labute approximate surface area is 101 Å². The number of rotatable bonds is 6. The van der Waals surface area contributed by atoms with Gasteiger partial charge in [0.1, 0.15) is 0 Å². The molecule has 0 saturated heterocycles. The van der Waals surface area contributed by atoms with Crippen LogP contribution in [-0.2, 0) is 6.42 Å². The molecule has 1 aromatic carbocycles. The molecule has 0 bridgehead atoms. The molecule has 17 heavy (non-hydrogen) atoms. The maximum Gasteiger partial charge on any atom is 0.168 e. The monoisotopic (exact) mass is 239 g/mol. The molecule has 4 heteroatoms. The molecular weight excluding hydrogens is 221 g/mol. The first-order chi connectivity index (χ1) is 8.20. The zero-order chi connectivity index (χ0) is 12.3. The summed E-state index contributed by atoms with van der Waals surface area (Å²) in [7, 11) is 1.44. The predicted molar refractivity (Wildman–Crippen MR) is 63.7 cm³/mol. The Balaban J connectivity index is 1.91. The van der Waals surface area contributed by atoms with Crippen LogP contribution in [0.3, 0.4) is 0 Å². The molecular formula is C13H18FNO2. The van der Waals surface area contributed by atoms with Gasteiger partial charge in [-0.3, -0.25) is 0 Å². The van der Waals surface area contributed by atoms with E-state index in [2.05, 4.69) is 5.32 Å². The highest BCUT2D eigenvalue weighted by Gasteiger charge is 2.21. The predicted octanol–water partition coefficient (Wildman–Crippen LogP) is 1.49. The lowest BCUT2D eigenvalue weighted by atomic mass is 10.1. The van der Waals surface area contributed by atoms with Crippen molar-refractivity contribution in [3.05, 3.63) is 29.6 Å². The van der Waals surface area contributed by atoms with E-state index < -0.39 is 6.10 Å². The normalized spacial score (nSPS) is 16.9. The van der Waals surface area contributed by atoms with Crippen molar-refractivity contribution in [2.45, 2.75) is 31.4 Å². The van der Waals surface area contributed by atoms with Gasteiger partial charge < -0.3 is 15.2 Å². The number of methoxy groups -OCH3 is 1. The summed E-state index contributed by atoms with van der Waals surface area (Å²) in [6.45, 7) is 0.515. The standard InChI is InChI=1S/C13H18FNO2/c1-17-12-4-2-3-9(13(12)14)7-11(16)8-15-10-5-6-10/h2-4,10-11,15-16H,5-8H2,1H3. The molecule has 1 aliphatic rings. The first-order valence-corrected chi connectivity index (χ1v) is 5.93. The van der Waals surface area contributed by atoms with E-state index >= 15 is 0 Å². The summed E-state index contributed by atoms with van der Waals surface area (Å²) in [6.07, 6.45) is 2.11. The second-order valence-electron chi connectivity index (χ2n) is 4.47. The van der Waals surface area contributed by atoms with Crippen LogP contribution in [0.15, 0.2) is 18.2 Å². The smallest absolute Gasteiger partial charge is 0.168 e. The fourth-order valence-corrected chi connectivity index (χ4v) is 1.79. The molecule has 2 rings (SSSR count). The van der Waals surface area contributed by atoms with E-state index in [0.717, 1.165) is 0 Å². The van der Waals surface area contributed by atoms with Gasteiger partial charge in [0.25, 0.3) is 0 Å². The van der Waals surface area contributed by atoms with Crippen LogP contribution < -0.4 is 10.1 Å². The first kappa shape index (κ1) is 12.3. The SMILES string of the molecule is COc1cccc(CC(O)CNC2CC2)c1F. The highest BCUT2D eigenvalue weighted by Crippen LogP contribution is 2.21. The summed E-state index contributed by atoms with van der Waals surface area (Å²) < 4.78 is 18.7. The van der Waals surface area contributed by atoms with Crippen LogP contribution in [-0.4, -0.2) is 30.9 Å². The molecule has 1 atom stereocenters. The van der Waals surface area contributed by atoms with Crippen molar-refractivity contribution in [1.29, 1.82) is 0 Å². The molecule has 0 spiro atoms. The Kier molecular flexibility index (Phi) is 3.97. The maximum absolute atomic E-state index is 13.8. The molecule has 0 radical (unpaired) electrons. The lowest BCUT2D eigenvalue weighted by molar-refractivity contribution is 0.170. The zero-order valence-corrected chi connectivity index (χ0v) is 9.95. The Morgan fingerprint density at radius 3 is 2.94 bits per heavy atom. The molecule has 0 heterocycles. The third kappa shape index (κ3) is 3.41. The quantitative estimate of drug-likeness (QED) is 0.790. The van der Waals surface area contributed by atoms with Crippen molar-refractivity contribution in [3.63, 3.8) is 0 Å². The van der Waals surface area contributed by atoms with E-state index in [9.17, 15) is 9.50 Å². The van der Waals surface area contributed by atoms with E-state index in [1.807, 2.05) is 0 Å². The highest BCUT2D eigenvalue weighted by atomic mass is 19.1. The van der Waals surface area contributed by atoms with Gasteiger partial charge in [0.15, 0.2) is 11.6 Å². The van der Waals surface area contributed by atoms with E-state index in [4.69, 9.17) is 4.74 Å². The summed E-state index contributed by atoms with van der Waals surface area (Å²) >= 11 is 0. The van der Waals surface area contributed by atoms with Crippen molar-refractivity contribution in [3.8, 4) is 5.75 Å². The number of nitrogens with one attached hydrogen (secondary N) is 1. The minimum absolute atomic E-state index is 0.227. The second-order valence-corrected chi connectivity index (χ2v) is 4.47. The topological polar surface area (TPSA) is 41.5 Å². The van der Waals surface area contributed by atoms with Crippen molar-refractivity contribution in [2.24, 2.45) is 0 Å². The number of aliphatic hydroxyl groups excluding tert-OH is 1. The molecule has 3 nitrogen and oxygen atoms in total. The van der Waals surface area contributed by atoms with E-state index in [-0.39, 0.29) is 11.6 Å². The average Bonchev–Trinajstić information content (AvgIpc) is 3.13. The van der Waals surface area contributed by atoms with Crippen molar-refractivity contribution >= 4 is 0 Å². The fraction of sp³-hybridized carbons (Fsp3) is 0.538. The van der Waals surface area contributed by atoms with Crippen LogP contribution in [0.5, 0.6) is 5.75 Å². The largest absolute Gasteiger partial charge is 0.494 e. The van der Waals surface area contributed by atoms with Gasteiger partial charge in [-0.1, -0.05) is 12.1 Å². The minimum atomic E-state index is -0.558. The Morgan fingerprint density at radius 2 is 2.29 bits per heavy atom. The lowest BCUT2D eigenvalue weighted by Crippen LogP contribution is -2.30. The van der Waals surface area contributed by atoms with Crippen LogP contribution in [0.2, 0.25) is 0 Å². The van der Waals surface area contributed by atoms with Gasteiger partial charge in [0, 0.05) is 19.0 Å². The average molecular weight is 239 g/mol. The highest BCUT2D eigenvalue weighted by molar-refractivity contribution is 5.31. The van der Waals surface area contributed by atoms with Gasteiger partial charge in [0.2, 0.25) is 0 Å². The van der Waals surface area contributed by atoms with E-state index in [0.29, 0.717) is 24.6 Å². The summed E-state index contributed by atoms with van der Waals surface area (Å²) in [4.78, 5) is 0. The second kappa shape index (κ2) is 5.47. The number of hydrogen-bond donors (Lipinski definition) is 2. The number of benzene rings is 1. The summed E-state index contributed by atoms with van der Waals surface area (Å²) in [5.41, 5.74) is 0.495. The summed E-state index contributed by atoms with van der Waals surface area (Å²) in [6, 6.07) is 5.55. The van der Waals surface area contributed by atoms with Crippen molar-refractivity contribution in [1.82, 2.24) is 5.32 Å². The number of ether oxygens (including phenoxy) is 1. The third-order valence-corrected chi connectivity index (χ3v) is 2.94. The summed E-state index contributed by atoms with van der Waals surface area (Å²) in [5, 5.41) is 13.0. The molecule has 0 amide bonds. The Hall–Kier alpha value is -1.13. The van der Waals surface area contributed by atoms with Crippen LogP contribution >= 0.6 is 0 Å². The van der Waals surface area contributed by atoms with Gasteiger partial charge in [-0.25, -0.2) is 4.39 Å². The van der Waals surface area contributed by atoms with Crippen LogP contribution in [0, 0.1) is 5.82 Å². The molecule has 0 aliphatic heterocycles. The minimum Gasteiger partial charge on any atom is -0.494 e. The number of hydrogen-bond acceptors (Lipinski definition) is 3. The molecule has 0 aromatic heterocycles. The van der Waals surface area contributed by atoms with Crippen LogP contribution in [0.25, 0.3) is 0 Å². The molecule has 1 aromatic rings. The van der Waals surface area contributed by atoms with Gasteiger partial charge in [-0.05, 0) is 24.5 Å². The van der Waals surface area contributed by atoms with Gasteiger partial charge >= 0.3 is 0 Å².